The van der Waals surface area contributed by atoms with Gasteiger partial charge in [0.1, 0.15) is 5.56 Å². The van der Waals surface area contributed by atoms with Crippen LogP contribution in [0.1, 0.15) is 27.1 Å². The minimum atomic E-state index is -0.656. The largest absolute Gasteiger partial charge is 0.385 e. The molecule has 0 unspecified atom stereocenters. The van der Waals surface area contributed by atoms with Crippen LogP contribution in [-0.4, -0.2) is 37.0 Å². The number of carbonyl (C=O) groups is 2. The van der Waals surface area contributed by atoms with E-state index in [1.54, 1.807) is 31.4 Å². The third kappa shape index (κ3) is 4.87. The first-order valence-electron chi connectivity index (χ1n) is 7.95. The summed E-state index contributed by atoms with van der Waals surface area (Å²) >= 11 is 0. The molecule has 2 amide bonds. The second-order valence-corrected chi connectivity index (χ2v) is 5.38. The third-order valence-electron chi connectivity index (χ3n) is 3.58. The normalized spacial score (nSPS) is 10.2. The molecule has 0 heterocycles. The number of benzene rings is 2. The van der Waals surface area contributed by atoms with Crippen LogP contribution in [0.2, 0.25) is 0 Å². The minimum absolute atomic E-state index is 0.0761. The van der Waals surface area contributed by atoms with Crippen LogP contribution < -0.4 is 10.6 Å². The highest BCUT2D eigenvalue weighted by molar-refractivity contribution is 6.10. The van der Waals surface area contributed by atoms with Crippen molar-refractivity contribution in [2.45, 2.75) is 6.42 Å². The molecule has 0 saturated heterocycles. The smallest absolute Gasteiger partial charge is 0.282 e. The van der Waals surface area contributed by atoms with Crippen LogP contribution in [0.15, 0.2) is 48.5 Å². The molecule has 0 spiro atoms. The molecule has 0 aromatic heterocycles. The Morgan fingerprint density at radius 1 is 1.04 bits per heavy atom. The number of nitro groups is 1. The van der Waals surface area contributed by atoms with Crippen LogP contribution in [-0.2, 0) is 4.74 Å². The molecule has 2 N–H and O–H groups in total. The van der Waals surface area contributed by atoms with Gasteiger partial charge >= 0.3 is 0 Å². The van der Waals surface area contributed by atoms with E-state index in [-0.39, 0.29) is 28.4 Å². The number of amides is 2. The lowest BCUT2D eigenvalue weighted by atomic mass is 10.1. The van der Waals surface area contributed by atoms with E-state index in [1.807, 2.05) is 0 Å². The van der Waals surface area contributed by atoms with Gasteiger partial charge in [-0.3, -0.25) is 19.7 Å². The van der Waals surface area contributed by atoms with E-state index < -0.39 is 10.8 Å². The van der Waals surface area contributed by atoms with Crippen molar-refractivity contribution in [3.63, 3.8) is 0 Å². The van der Waals surface area contributed by atoms with Gasteiger partial charge in [-0.1, -0.05) is 24.3 Å². The summed E-state index contributed by atoms with van der Waals surface area (Å²) in [6.07, 6.45) is 0.660. The van der Waals surface area contributed by atoms with Crippen molar-refractivity contribution < 1.29 is 19.2 Å². The van der Waals surface area contributed by atoms with Crippen LogP contribution in [0.5, 0.6) is 0 Å². The summed E-state index contributed by atoms with van der Waals surface area (Å²) in [6, 6.07) is 12.1. The van der Waals surface area contributed by atoms with Crippen molar-refractivity contribution in [3.05, 3.63) is 69.8 Å². The summed E-state index contributed by atoms with van der Waals surface area (Å²) in [7, 11) is 1.58. The van der Waals surface area contributed by atoms with E-state index in [0.717, 1.165) is 0 Å². The molecule has 0 aliphatic rings. The molecule has 136 valence electrons. The van der Waals surface area contributed by atoms with Crippen molar-refractivity contribution in [2.24, 2.45) is 0 Å². The van der Waals surface area contributed by atoms with Crippen molar-refractivity contribution in [1.29, 1.82) is 0 Å². The maximum absolute atomic E-state index is 12.4. The zero-order valence-electron chi connectivity index (χ0n) is 14.2. The molecule has 0 bridgehead atoms. The van der Waals surface area contributed by atoms with Crippen molar-refractivity contribution in [1.82, 2.24) is 5.32 Å². The van der Waals surface area contributed by atoms with E-state index in [2.05, 4.69) is 10.6 Å². The summed E-state index contributed by atoms with van der Waals surface area (Å²) in [6.45, 7) is 0.954. The number of carbonyl (C=O) groups excluding carboxylic acids is 2. The molecule has 26 heavy (non-hydrogen) atoms. The van der Waals surface area contributed by atoms with Gasteiger partial charge in [-0.2, -0.15) is 0 Å². The van der Waals surface area contributed by atoms with Gasteiger partial charge in [-0.15, -0.1) is 0 Å². The maximum Gasteiger partial charge on any atom is 0.282 e. The van der Waals surface area contributed by atoms with E-state index >= 15 is 0 Å². The minimum Gasteiger partial charge on any atom is -0.385 e. The monoisotopic (exact) mass is 357 g/mol. The molecular formula is C18H19N3O5. The number of nitro benzene ring substituents is 1. The molecule has 0 aliphatic heterocycles. The number of nitrogens with one attached hydrogen (secondary N) is 2. The quantitative estimate of drug-likeness (QED) is 0.429. The lowest BCUT2D eigenvalue weighted by molar-refractivity contribution is -0.385. The lowest BCUT2D eigenvalue weighted by Crippen LogP contribution is -2.26. The highest BCUT2D eigenvalue weighted by atomic mass is 16.6. The summed E-state index contributed by atoms with van der Waals surface area (Å²) in [4.78, 5) is 35.2. The SMILES string of the molecule is COCCCNC(=O)c1ccccc1NC(=O)c1ccccc1[N+](=O)[O-]. The summed E-state index contributed by atoms with van der Waals surface area (Å²) in [5, 5.41) is 16.4. The molecule has 0 saturated carbocycles. The molecule has 2 aromatic rings. The Balaban J connectivity index is 2.16. The van der Waals surface area contributed by atoms with Crippen molar-refractivity contribution in [3.8, 4) is 0 Å². The fraction of sp³-hybridized carbons (Fsp3) is 0.222. The van der Waals surface area contributed by atoms with Gasteiger partial charge in [-0.25, -0.2) is 0 Å². The molecule has 2 rings (SSSR count). The number of rotatable bonds is 8. The Morgan fingerprint density at radius 3 is 2.38 bits per heavy atom. The van der Waals surface area contributed by atoms with Crippen LogP contribution in [0.4, 0.5) is 11.4 Å². The Morgan fingerprint density at radius 2 is 1.69 bits per heavy atom. The fourth-order valence-corrected chi connectivity index (χ4v) is 2.32. The zero-order chi connectivity index (χ0) is 18.9. The highest BCUT2D eigenvalue weighted by Gasteiger charge is 2.21. The van der Waals surface area contributed by atoms with E-state index in [1.165, 1.54) is 24.3 Å². The van der Waals surface area contributed by atoms with Gasteiger partial charge in [0.15, 0.2) is 0 Å². The molecule has 8 heteroatoms. The Kier molecular flexibility index (Phi) is 6.81. The number of hydrogen-bond acceptors (Lipinski definition) is 5. The van der Waals surface area contributed by atoms with Crippen LogP contribution in [0.25, 0.3) is 0 Å². The Hall–Kier alpha value is -3.26. The Labute approximate surface area is 150 Å². The van der Waals surface area contributed by atoms with Crippen molar-refractivity contribution >= 4 is 23.2 Å². The number of ether oxygens (including phenoxy) is 1. The van der Waals surface area contributed by atoms with Crippen LogP contribution in [0, 0.1) is 10.1 Å². The van der Waals surface area contributed by atoms with Gasteiger partial charge in [-0.05, 0) is 24.6 Å². The second kappa shape index (κ2) is 9.28. The van der Waals surface area contributed by atoms with E-state index in [9.17, 15) is 19.7 Å². The van der Waals surface area contributed by atoms with Crippen LogP contribution in [0.3, 0.4) is 0 Å². The van der Waals surface area contributed by atoms with Gasteiger partial charge in [0, 0.05) is 26.3 Å². The predicted octanol–water partition coefficient (Wildman–Crippen LogP) is 2.61. The van der Waals surface area contributed by atoms with Gasteiger partial charge in [0.05, 0.1) is 16.2 Å². The highest BCUT2D eigenvalue weighted by Crippen LogP contribution is 2.21. The molecule has 0 radical (unpaired) electrons. The first-order valence-corrected chi connectivity index (χ1v) is 7.95. The number of methoxy groups -OCH3 is 1. The van der Waals surface area contributed by atoms with Crippen LogP contribution >= 0.6 is 0 Å². The Bertz CT molecular complexity index is 807. The molecule has 8 nitrogen and oxygen atoms in total. The summed E-state index contributed by atoms with van der Waals surface area (Å²) in [5.74, 6) is -1.00. The number of anilines is 1. The first kappa shape index (κ1) is 19.1. The standard InChI is InChI=1S/C18H19N3O5/c1-26-12-6-11-19-17(22)13-7-2-4-9-15(13)20-18(23)14-8-3-5-10-16(14)21(24)25/h2-5,7-10H,6,11-12H2,1H3,(H,19,22)(H,20,23). The van der Waals surface area contributed by atoms with E-state index in [0.29, 0.717) is 19.6 Å². The zero-order valence-corrected chi connectivity index (χ0v) is 14.2. The second-order valence-electron chi connectivity index (χ2n) is 5.38. The predicted molar refractivity (Wildman–Crippen MR) is 96.3 cm³/mol. The van der Waals surface area contributed by atoms with Gasteiger partial charge in [0.2, 0.25) is 0 Å². The molecule has 0 fully saturated rings. The topological polar surface area (TPSA) is 111 Å². The average Bonchev–Trinajstić information content (AvgIpc) is 2.65. The first-order chi connectivity index (χ1) is 12.5. The molecule has 0 aliphatic carbocycles. The number of hydrogen-bond donors (Lipinski definition) is 2. The summed E-state index contributed by atoms with van der Waals surface area (Å²) < 4.78 is 4.92. The molecule has 2 aromatic carbocycles. The molecule has 0 atom stereocenters. The van der Waals surface area contributed by atoms with Gasteiger partial charge < -0.3 is 15.4 Å². The van der Waals surface area contributed by atoms with Gasteiger partial charge in [0.25, 0.3) is 17.5 Å². The average molecular weight is 357 g/mol. The number of nitrogens with zero attached hydrogens (tertiary/aromatic N) is 1. The fourth-order valence-electron chi connectivity index (χ4n) is 2.32. The summed E-state index contributed by atoms with van der Waals surface area (Å²) in [5.41, 5.74) is 0.177. The lowest BCUT2D eigenvalue weighted by Gasteiger charge is -2.11. The third-order valence-corrected chi connectivity index (χ3v) is 3.58. The number of para-hydroxylation sites is 2. The maximum atomic E-state index is 12.4. The van der Waals surface area contributed by atoms with Crippen molar-refractivity contribution in [2.75, 3.05) is 25.6 Å². The van der Waals surface area contributed by atoms with E-state index in [4.69, 9.17) is 4.74 Å². The molecular weight excluding hydrogens is 338 g/mol.